The van der Waals surface area contributed by atoms with E-state index in [9.17, 15) is 0 Å². The molecular weight excluding hydrogens is 286 g/mol. The number of rotatable bonds is 6. The second-order valence-electron chi connectivity index (χ2n) is 5.36. The maximum absolute atomic E-state index is 5.81. The Balaban J connectivity index is 1.96. The van der Waals surface area contributed by atoms with Crippen LogP contribution in [-0.4, -0.2) is 26.0 Å². The minimum Gasteiger partial charge on any atom is -0.310 e. The van der Waals surface area contributed by atoms with Crippen LogP contribution in [0.5, 0.6) is 0 Å². The highest BCUT2D eigenvalue weighted by Crippen LogP contribution is 2.23. The van der Waals surface area contributed by atoms with E-state index in [2.05, 4.69) is 29.4 Å². The van der Waals surface area contributed by atoms with Crippen molar-refractivity contribution in [2.75, 3.05) is 0 Å². The molecule has 5 nitrogen and oxygen atoms in total. The lowest BCUT2D eigenvalue weighted by Gasteiger charge is -2.07. The van der Waals surface area contributed by atoms with Crippen molar-refractivity contribution in [2.45, 2.75) is 52.1 Å². The zero-order chi connectivity index (χ0) is 14.8. The summed E-state index contributed by atoms with van der Waals surface area (Å²) < 4.78 is 1.91. The topological polar surface area (TPSA) is 55.6 Å². The Bertz CT molecular complexity index is 616. The van der Waals surface area contributed by atoms with Gasteiger partial charge >= 0.3 is 0 Å². The Morgan fingerprint density at radius 3 is 2.62 bits per heavy atom. The summed E-state index contributed by atoms with van der Waals surface area (Å²) in [7, 11) is 0. The molecule has 3 rings (SSSR count). The molecule has 1 fully saturated rings. The highest BCUT2D eigenvalue weighted by atomic mass is 35.5. The molecule has 112 valence electrons. The fraction of sp³-hybridized carbons (Fsp3) is 0.533. The van der Waals surface area contributed by atoms with Gasteiger partial charge in [0.25, 0.3) is 0 Å². The second-order valence-corrected chi connectivity index (χ2v) is 5.75. The van der Waals surface area contributed by atoms with Gasteiger partial charge in [0.2, 0.25) is 0 Å². The van der Waals surface area contributed by atoms with E-state index in [0.29, 0.717) is 11.2 Å². The SMILES string of the molecule is CCc1nn(-c2ccc(Cl)nn2)c(CC)c1CNC1CC1. The molecule has 2 aromatic rings. The summed E-state index contributed by atoms with van der Waals surface area (Å²) in [6.45, 7) is 5.18. The third-order valence-corrected chi connectivity index (χ3v) is 4.02. The minimum absolute atomic E-state index is 0.398. The van der Waals surface area contributed by atoms with Crippen molar-refractivity contribution in [2.24, 2.45) is 0 Å². The number of aromatic nitrogens is 4. The van der Waals surface area contributed by atoms with E-state index in [1.807, 2.05) is 10.7 Å². The highest BCUT2D eigenvalue weighted by molar-refractivity contribution is 6.29. The summed E-state index contributed by atoms with van der Waals surface area (Å²) in [5, 5.41) is 16.8. The summed E-state index contributed by atoms with van der Waals surface area (Å²) in [6.07, 6.45) is 4.42. The molecule has 0 unspecified atom stereocenters. The molecule has 1 aliphatic carbocycles. The van der Waals surface area contributed by atoms with E-state index >= 15 is 0 Å². The molecule has 0 bridgehead atoms. The van der Waals surface area contributed by atoms with Gasteiger partial charge in [0.1, 0.15) is 0 Å². The van der Waals surface area contributed by atoms with Crippen LogP contribution in [0.2, 0.25) is 5.15 Å². The predicted octanol–water partition coefficient (Wildman–Crippen LogP) is 2.69. The van der Waals surface area contributed by atoms with Gasteiger partial charge in [-0.05, 0) is 37.8 Å². The number of hydrogen-bond acceptors (Lipinski definition) is 4. The van der Waals surface area contributed by atoms with Gasteiger partial charge in [-0.1, -0.05) is 25.4 Å². The average molecular weight is 306 g/mol. The molecule has 1 aliphatic rings. The van der Waals surface area contributed by atoms with E-state index in [1.165, 1.54) is 24.1 Å². The Labute approximate surface area is 129 Å². The predicted molar refractivity (Wildman–Crippen MR) is 82.8 cm³/mol. The van der Waals surface area contributed by atoms with Crippen LogP contribution in [0.15, 0.2) is 12.1 Å². The monoisotopic (exact) mass is 305 g/mol. The van der Waals surface area contributed by atoms with Crippen molar-refractivity contribution in [1.82, 2.24) is 25.3 Å². The molecule has 21 heavy (non-hydrogen) atoms. The molecule has 0 spiro atoms. The molecule has 0 radical (unpaired) electrons. The van der Waals surface area contributed by atoms with Crippen LogP contribution in [-0.2, 0) is 19.4 Å². The van der Waals surface area contributed by atoms with Crippen LogP contribution in [0.3, 0.4) is 0 Å². The molecule has 1 N–H and O–H groups in total. The van der Waals surface area contributed by atoms with E-state index in [0.717, 1.165) is 30.9 Å². The summed E-state index contributed by atoms with van der Waals surface area (Å²) >= 11 is 5.81. The number of aryl methyl sites for hydroxylation is 1. The lowest BCUT2D eigenvalue weighted by molar-refractivity contribution is 0.676. The molecule has 2 aromatic heterocycles. The van der Waals surface area contributed by atoms with Crippen molar-refractivity contribution < 1.29 is 0 Å². The molecular formula is C15H20ClN5. The maximum atomic E-state index is 5.81. The van der Waals surface area contributed by atoms with E-state index < -0.39 is 0 Å². The number of hydrogen-bond donors (Lipinski definition) is 1. The van der Waals surface area contributed by atoms with Crippen LogP contribution in [0.25, 0.3) is 5.82 Å². The van der Waals surface area contributed by atoms with Gasteiger partial charge in [-0.2, -0.15) is 5.10 Å². The van der Waals surface area contributed by atoms with Gasteiger partial charge in [-0.3, -0.25) is 0 Å². The maximum Gasteiger partial charge on any atom is 0.176 e. The number of nitrogens with zero attached hydrogens (tertiary/aromatic N) is 4. The van der Waals surface area contributed by atoms with Crippen LogP contribution >= 0.6 is 11.6 Å². The average Bonchev–Trinajstić information content (AvgIpc) is 3.26. The zero-order valence-electron chi connectivity index (χ0n) is 12.4. The molecule has 0 amide bonds. The third-order valence-electron chi connectivity index (χ3n) is 3.82. The molecule has 0 atom stereocenters. The molecule has 2 heterocycles. The van der Waals surface area contributed by atoms with Gasteiger partial charge in [-0.25, -0.2) is 4.68 Å². The largest absolute Gasteiger partial charge is 0.310 e. The quantitative estimate of drug-likeness (QED) is 0.891. The Kier molecular flexibility index (Phi) is 4.22. The molecule has 0 aliphatic heterocycles. The Morgan fingerprint density at radius 2 is 2.05 bits per heavy atom. The lowest BCUT2D eigenvalue weighted by atomic mass is 10.1. The normalized spacial score (nSPS) is 14.6. The summed E-state index contributed by atoms with van der Waals surface area (Å²) in [5.74, 6) is 0.726. The Morgan fingerprint density at radius 1 is 1.24 bits per heavy atom. The Hall–Kier alpha value is -1.46. The van der Waals surface area contributed by atoms with Crippen LogP contribution in [0.4, 0.5) is 0 Å². The fourth-order valence-electron chi connectivity index (χ4n) is 2.53. The molecule has 6 heteroatoms. The first kappa shape index (κ1) is 14.5. The lowest BCUT2D eigenvalue weighted by Crippen LogP contribution is -2.17. The van der Waals surface area contributed by atoms with Gasteiger partial charge in [0.15, 0.2) is 11.0 Å². The van der Waals surface area contributed by atoms with Crippen LogP contribution < -0.4 is 5.32 Å². The second kappa shape index (κ2) is 6.12. The zero-order valence-corrected chi connectivity index (χ0v) is 13.2. The summed E-state index contributed by atoms with van der Waals surface area (Å²) in [4.78, 5) is 0. The van der Waals surface area contributed by atoms with Crippen molar-refractivity contribution in [1.29, 1.82) is 0 Å². The first-order valence-corrected chi connectivity index (χ1v) is 7.93. The van der Waals surface area contributed by atoms with E-state index in [-0.39, 0.29) is 0 Å². The van der Waals surface area contributed by atoms with E-state index in [4.69, 9.17) is 16.7 Å². The standard InChI is InChI=1S/C15H20ClN5/c1-3-12-11(9-17-10-5-6-10)13(4-2)21(20-12)15-8-7-14(16)18-19-15/h7-8,10,17H,3-6,9H2,1-2H3. The van der Waals surface area contributed by atoms with Gasteiger partial charge < -0.3 is 5.32 Å². The van der Waals surface area contributed by atoms with Crippen molar-refractivity contribution in [3.05, 3.63) is 34.2 Å². The number of nitrogens with one attached hydrogen (secondary N) is 1. The van der Waals surface area contributed by atoms with Gasteiger partial charge in [0.05, 0.1) is 11.4 Å². The van der Waals surface area contributed by atoms with Crippen molar-refractivity contribution in [3.63, 3.8) is 0 Å². The molecule has 0 saturated heterocycles. The first-order chi connectivity index (χ1) is 10.2. The molecule has 0 aromatic carbocycles. The number of halogens is 1. The third kappa shape index (κ3) is 3.09. The van der Waals surface area contributed by atoms with Gasteiger partial charge in [-0.15, -0.1) is 10.2 Å². The van der Waals surface area contributed by atoms with Crippen LogP contribution in [0, 0.1) is 0 Å². The first-order valence-electron chi connectivity index (χ1n) is 7.55. The van der Waals surface area contributed by atoms with Gasteiger partial charge in [0, 0.05) is 18.2 Å². The van der Waals surface area contributed by atoms with Crippen LogP contribution in [0.1, 0.15) is 43.6 Å². The van der Waals surface area contributed by atoms with Crippen molar-refractivity contribution in [3.8, 4) is 5.82 Å². The minimum atomic E-state index is 0.398. The van der Waals surface area contributed by atoms with Crippen molar-refractivity contribution >= 4 is 11.6 Å². The van der Waals surface area contributed by atoms with E-state index in [1.54, 1.807) is 6.07 Å². The smallest absolute Gasteiger partial charge is 0.176 e. The highest BCUT2D eigenvalue weighted by Gasteiger charge is 2.23. The summed E-state index contributed by atoms with van der Waals surface area (Å²) in [6, 6.07) is 4.30. The molecule has 1 saturated carbocycles. The summed E-state index contributed by atoms with van der Waals surface area (Å²) in [5.41, 5.74) is 3.65. The fourth-order valence-corrected chi connectivity index (χ4v) is 2.63.